The van der Waals surface area contributed by atoms with Crippen LogP contribution >= 0.6 is 23.4 Å². The molecule has 1 heterocycles. The number of phenols is 1. The zero-order chi connectivity index (χ0) is 27.4. The molecule has 4 rings (SSSR count). The molecule has 0 spiro atoms. The topological polar surface area (TPSA) is 94.1 Å². The van der Waals surface area contributed by atoms with Gasteiger partial charge in [0, 0.05) is 35.1 Å². The van der Waals surface area contributed by atoms with Gasteiger partial charge in [-0.05, 0) is 60.4 Å². The number of thioether (sulfide) groups is 1. The van der Waals surface area contributed by atoms with Crippen LogP contribution in [0.25, 0.3) is 0 Å². The molecular weight excluding hydrogens is 526 g/mol. The van der Waals surface area contributed by atoms with E-state index in [-0.39, 0.29) is 34.8 Å². The van der Waals surface area contributed by atoms with Crippen molar-refractivity contribution in [1.29, 1.82) is 0 Å². The van der Waals surface area contributed by atoms with E-state index < -0.39 is 11.9 Å². The molecule has 0 saturated carbocycles. The van der Waals surface area contributed by atoms with Crippen molar-refractivity contribution in [3.63, 3.8) is 0 Å². The van der Waals surface area contributed by atoms with Crippen LogP contribution < -0.4 is 14.8 Å². The van der Waals surface area contributed by atoms with Gasteiger partial charge in [0.1, 0.15) is 12.4 Å². The number of carbonyl (C=O) groups is 2. The maximum Gasteiger partial charge on any atom is 0.336 e. The van der Waals surface area contributed by atoms with Gasteiger partial charge in [-0.1, -0.05) is 30.7 Å². The molecule has 2 aromatic rings. The number of hydrogen-bond donors (Lipinski definition) is 2. The van der Waals surface area contributed by atoms with Crippen molar-refractivity contribution in [2.45, 2.75) is 38.5 Å². The predicted octanol–water partition coefficient (Wildman–Crippen LogP) is 5.72. The minimum atomic E-state index is -0.714. The Kier molecular flexibility index (Phi) is 8.95. The third kappa shape index (κ3) is 5.66. The molecular formula is C29H32ClNO6S. The Morgan fingerprint density at radius 2 is 1.87 bits per heavy atom. The van der Waals surface area contributed by atoms with Gasteiger partial charge in [-0.3, -0.25) is 4.79 Å². The van der Waals surface area contributed by atoms with E-state index in [9.17, 15) is 14.7 Å². The maximum absolute atomic E-state index is 13.8. The number of methoxy groups -OCH3 is 2. The first kappa shape index (κ1) is 27.9. The first-order chi connectivity index (χ1) is 18.3. The summed E-state index contributed by atoms with van der Waals surface area (Å²) in [5, 5.41) is 13.8. The van der Waals surface area contributed by atoms with Crippen LogP contribution in [0.4, 0.5) is 0 Å². The van der Waals surface area contributed by atoms with E-state index in [1.54, 1.807) is 31.0 Å². The number of Topliss-reactive ketones (excluding diaryl/α,β-unsaturated/α-hetero) is 1. The summed E-state index contributed by atoms with van der Waals surface area (Å²) in [6.45, 7) is 4.12. The maximum atomic E-state index is 13.8. The molecule has 7 nitrogen and oxygen atoms in total. The van der Waals surface area contributed by atoms with Crippen molar-refractivity contribution in [2.24, 2.45) is 0 Å². The Morgan fingerprint density at radius 3 is 2.53 bits per heavy atom. The molecule has 0 saturated heterocycles. The highest BCUT2D eigenvalue weighted by Crippen LogP contribution is 2.48. The van der Waals surface area contributed by atoms with Gasteiger partial charge in [-0.2, -0.15) is 11.8 Å². The highest BCUT2D eigenvalue weighted by Gasteiger charge is 2.42. The SMILES string of the molecule is CCSCCOC(=O)C1=C(C)NC2=C(C(=O)C[C@@H](c3ccc(OC)cc3)C2)[C@@H]1c1cc(Cl)c(O)c(OC)c1. The molecule has 0 unspecified atom stereocenters. The summed E-state index contributed by atoms with van der Waals surface area (Å²) >= 11 is 8.03. The summed E-state index contributed by atoms with van der Waals surface area (Å²) in [7, 11) is 3.04. The Morgan fingerprint density at radius 1 is 1.13 bits per heavy atom. The number of carbonyl (C=O) groups excluding carboxylic acids is 2. The van der Waals surface area contributed by atoms with Crippen molar-refractivity contribution < 1.29 is 28.9 Å². The fraction of sp³-hybridized carbons (Fsp3) is 0.379. The van der Waals surface area contributed by atoms with Crippen LogP contribution in [-0.2, 0) is 14.3 Å². The summed E-state index contributed by atoms with van der Waals surface area (Å²) in [4.78, 5) is 27.2. The Labute approximate surface area is 232 Å². The second-order valence-electron chi connectivity index (χ2n) is 9.18. The third-order valence-corrected chi connectivity index (χ3v) is 8.06. The van der Waals surface area contributed by atoms with Gasteiger partial charge in [0.2, 0.25) is 0 Å². The number of dihydropyridines is 1. The number of phenolic OH excluding ortho intramolecular Hbond substituents is 1. The molecule has 0 amide bonds. The molecule has 38 heavy (non-hydrogen) atoms. The fourth-order valence-corrected chi connectivity index (χ4v) is 5.80. The van der Waals surface area contributed by atoms with Gasteiger partial charge in [-0.15, -0.1) is 0 Å². The molecule has 2 atom stereocenters. The normalized spacial score (nSPS) is 19.1. The Balaban J connectivity index is 1.76. The average molecular weight is 558 g/mol. The van der Waals surface area contributed by atoms with E-state index >= 15 is 0 Å². The number of esters is 1. The number of rotatable bonds is 9. The minimum Gasteiger partial charge on any atom is -0.503 e. The number of ketones is 1. The number of aromatic hydroxyl groups is 1. The first-order valence-corrected chi connectivity index (χ1v) is 14.0. The van der Waals surface area contributed by atoms with E-state index in [4.69, 9.17) is 25.8 Å². The fourth-order valence-electron chi connectivity index (χ4n) is 5.09. The second kappa shape index (κ2) is 12.2. The van der Waals surface area contributed by atoms with Crippen LogP contribution in [0.5, 0.6) is 17.2 Å². The summed E-state index contributed by atoms with van der Waals surface area (Å²) in [6, 6.07) is 10.9. The van der Waals surface area contributed by atoms with Crippen LogP contribution in [0.2, 0.25) is 5.02 Å². The lowest BCUT2D eigenvalue weighted by molar-refractivity contribution is -0.138. The molecule has 202 valence electrons. The number of nitrogens with one attached hydrogen (secondary N) is 1. The van der Waals surface area contributed by atoms with Crippen molar-refractivity contribution in [3.8, 4) is 17.2 Å². The van der Waals surface area contributed by atoms with E-state index in [1.807, 2.05) is 38.1 Å². The van der Waals surface area contributed by atoms with Gasteiger partial charge in [0.25, 0.3) is 0 Å². The van der Waals surface area contributed by atoms with Crippen LogP contribution in [0, 0.1) is 0 Å². The lowest BCUT2D eigenvalue weighted by atomic mass is 9.71. The Hall–Kier alpha value is -3.10. The minimum absolute atomic E-state index is 0.0226. The quantitative estimate of drug-likeness (QED) is 0.299. The average Bonchev–Trinajstić information content (AvgIpc) is 2.91. The predicted molar refractivity (Wildman–Crippen MR) is 149 cm³/mol. The lowest BCUT2D eigenvalue weighted by Gasteiger charge is -2.37. The summed E-state index contributed by atoms with van der Waals surface area (Å²) < 4.78 is 16.2. The summed E-state index contributed by atoms with van der Waals surface area (Å²) in [5.74, 6) is 1.04. The largest absolute Gasteiger partial charge is 0.503 e. The molecule has 2 N–H and O–H groups in total. The van der Waals surface area contributed by atoms with E-state index in [0.29, 0.717) is 41.0 Å². The second-order valence-corrected chi connectivity index (χ2v) is 11.0. The standard InChI is InChI=1S/C29H32ClNO6S/c1-5-38-11-10-37-29(34)25-16(2)31-22-13-18(17-6-8-20(35-3)9-7-17)14-23(32)27(22)26(25)19-12-21(30)28(33)24(15-19)36-4/h6-9,12,15,18,26,31,33H,5,10-11,13-14H2,1-4H3/t18-,26+/m0/s1. The monoisotopic (exact) mass is 557 g/mol. The zero-order valence-corrected chi connectivity index (χ0v) is 23.5. The van der Waals surface area contributed by atoms with E-state index in [1.165, 1.54) is 7.11 Å². The number of ether oxygens (including phenoxy) is 3. The molecule has 0 bridgehead atoms. The molecule has 9 heteroatoms. The van der Waals surface area contributed by atoms with Gasteiger partial charge < -0.3 is 24.6 Å². The van der Waals surface area contributed by atoms with E-state index in [2.05, 4.69) is 5.32 Å². The molecule has 2 aromatic carbocycles. The number of allylic oxidation sites excluding steroid dienone is 3. The highest BCUT2D eigenvalue weighted by atomic mass is 35.5. The van der Waals surface area contributed by atoms with Crippen LogP contribution in [-0.4, -0.2) is 49.2 Å². The molecule has 0 radical (unpaired) electrons. The molecule has 1 aliphatic carbocycles. The molecule has 2 aliphatic rings. The molecule has 1 aliphatic heterocycles. The van der Waals surface area contributed by atoms with Crippen LogP contribution in [0.3, 0.4) is 0 Å². The third-order valence-electron chi connectivity index (χ3n) is 6.90. The van der Waals surface area contributed by atoms with E-state index in [0.717, 1.165) is 22.8 Å². The summed E-state index contributed by atoms with van der Waals surface area (Å²) in [5.41, 5.74) is 3.87. The highest BCUT2D eigenvalue weighted by molar-refractivity contribution is 7.99. The first-order valence-electron chi connectivity index (χ1n) is 12.5. The van der Waals surface area contributed by atoms with Crippen molar-refractivity contribution in [1.82, 2.24) is 5.32 Å². The molecule has 0 fully saturated rings. The Bertz CT molecular complexity index is 1290. The smallest absolute Gasteiger partial charge is 0.336 e. The molecule has 0 aromatic heterocycles. The zero-order valence-electron chi connectivity index (χ0n) is 21.9. The number of benzene rings is 2. The van der Waals surface area contributed by atoms with Gasteiger partial charge in [-0.25, -0.2) is 4.79 Å². The van der Waals surface area contributed by atoms with Crippen LogP contribution in [0.1, 0.15) is 49.7 Å². The van der Waals surface area contributed by atoms with Crippen molar-refractivity contribution in [3.05, 3.63) is 75.1 Å². The number of halogens is 1. The van der Waals surface area contributed by atoms with Gasteiger partial charge >= 0.3 is 5.97 Å². The van der Waals surface area contributed by atoms with Crippen molar-refractivity contribution >= 4 is 35.1 Å². The lowest BCUT2D eigenvalue weighted by Crippen LogP contribution is -2.36. The van der Waals surface area contributed by atoms with Crippen LogP contribution in [0.15, 0.2) is 58.9 Å². The number of hydrogen-bond acceptors (Lipinski definition) is 8. The van der Waals surface area contributed by atoms with Gasteiger partial charge in [0.15, 0.2) is 17.3 Å². The van der Waals surface area contributed by atoms with Crippen molar-refractivity contribution in [2.75, 3.05) is 32.3 Å². The summed E-state index contributed by atoms with van der Waals surface area (Å²) in [6.07, 6.45) is 0.889. The van der Waals surface area contributed by atoms with Gasteiger partial charge in [0.05, 0.1) is 24.8 Å².